The number of ether oxygens (including phenoxy) is 3. The number of imidazole rings is 1. The van der Waals surface area contributed by atoms with Gasteiger partial charge in [0.1, 0.15) is 12.6 Å². The Morgan fingerprint density at radius 2 is 2.15 bits per heavy atom. The summed E-state index contributed by atoms with van der Waals surface area (Å²) in [6.45, 7) is 1.86. The van der Waals surface area contributed by atoms with Crippen molar-refractivity contribution >= 4 is 27.8 Å². The van der Waals surface area contributed by atoms with Crippen LogP contribution in [0.3, 0.4) is 0 Å². The van der Waals surface area contributed by atoms with Crippen LogP contribution < -0.4 is 19.5 Å². The molecule has 3 atom stereocenters. The van der Waals surface area contributed by atoms with Crippen molar-refractivity contribution in [1.82, 2.24) is 14.7 Å². The second kappa shape index (κ2) is 11.3. The van der Waals surface area contributed by atoms with Crippen LogP contribution in [0, 0.1) is 0 Å². The third kappa shape index (κ3) is 6.68. The van der Waals surface area contributed by atoms with Crippen LogP contribution in [0.25, 0.3) is 0 Å². The lowest BCUT2D eigenvalue weighted by molar-refractivity contribution is -0.139. The number of benzene rings is 1. The first-order valence-electron chi connectivity index (χ1n) is 10.7. The average Bonchev–Trinajstić information content (AvgIpc) is 3.30. The lowest BCUT2D eigenvalue weighted by atomic mass is 10.1. The van der Waals surface area contributed by atoms with Gasteiger partial charge in [0.05, 0.1) is 5.75 Å². The van der Waals surface area contributed by atoms with Gasteiger partial charge < -0.3 is 24.3 Å². The predicted molar refractivity (Wildman–Crippen MR) is 121 cm³/mol. The summed E-state index contributed by atoms with van der Waals surface area (Å²) in [5.74, 6) is -0.904. The summed E-state index contributed by atoms with van der Waals surface area (Å²) in [7, 11) is -2.34. The van der Waals surface area contributed by atoms with Gasteiger partial charge in [0.2, 0.25) is 16.0 Å². The molecule has 2 heterocycles. The molecular formula is C21H28N4O8S. The lowest BCUT2D eigenvalue weighted by Crippen LogP contribution is -2.47. The third-order valence-electron chi connectivity index (χ3n) is 5.11. The molecule has 0 aliphatic carbocycles. The number of methoxy groups -OCH3 is 1. The first-order valence-corrected chi connectivity index (χ1v) is 12.4. The number of carbonyl (C=O) groups excluding carboxylic acids is 1. The summed E-state index contributed by atoms with van der Waals surface area (Å²) >= 11 is 0. The quantitative estimate of drug-likeness (QED) is 0.334. The summed E-state index contributed by atoms with van der Waals surface area (Å²) in [5.41, 5.74) is 0.547. The first kappa shape index (κ1) is 25.5. The minimum absolute atomic E-state index is 0.00649. The highest BCUT2D eigenvalue weighted by Gasteiger charge is 2.35. The molecule has 0 bridgehead atoms. The van der Waals surface area contributed by atoms with Crippen molar-refractivity contribution in [3.63, 3.8) is 0 Å². The minimum Gasteiger partial charge on any atom is -0.486 e. The molecule has 13 heteroatoms. The van der Waals surface area contributed by atoms with E-state index >= 15 is 0 Å². The third-order valence-corrected chi connectivity index (χ3v) is 6.58. The summed E-state index contributed by atoms with van der Waals surface area (Å²) in [6, 6.07) is 3.47. The van der Waals surface area contributed by atoms with Crippen LogP contribution in [0.2, 0.25) is 0 Å². The molecule has 1 aromatic carbocycles. The van der Waals surface area contributed by atoms with Crippen molar-refractivity contribution < 1.29 is 37.3 Å². The Kier molecular flexibility index (Phi) is 8.47. The number of carbonyl (C=O) groups is 2. The van der Waals surface area contributed by atoms with Gasteiger partial charge in [0, 0.05) is 19.5 Å². The molecule has 2 aromatic rings. The van der Waals surface area contributed by atoms with Crippen LogP contribution in [0.15, 0.2) is 30.6 Å². The SMILES string of the molecule is CCCCS(=O)(=O)N[C@@H](Cc1ccc2c(c1)OCC(C(OC)C(=O)Nc1ncc[nH]1)O2)C(=O)O. The molecule has 0 spiro atoms. The summed E-state index contributed by atoms with van der Waals surface area (Å²) in [6.07, 6.45) is 2.38. The number of carboxylic acid groups (broad SMARTS) is 1. The highest BCUT2D eigenvalue weighted by atomic mass is 32.2. The van der Waals surface area contributed by atoms with Gasteiger partial charge in [-0.05, 0) is 30.5 Å². The molecule has 1 amide bonds. The molecular weight excluding hydrogens is 468 g/mol. The maximum Gasteiger partial charge on any atom is 0.322 e. The smallest absolute Gasteiger partial charge is 0.322 e. The van der Waals surface area contributed by atoms with Crippen LogP contribution >= 0.6 is 0 Å². The number of fused-ring (bicyclic) bond motifs is 1. The second-order valence-electron chi connectivity index (χ2n) is 7.72. The first-order chi connectivity index (χ1) is 16.2. The van der Waals surface area contributed by atoms with Gasteiger partial charge in [-0.25, -0.2) is 18.1 Å². The van der Waals surface area contributed by atoms with Gasteiger partial charge in [0.15, 0.2) is 23.7 Å². The van der Waals surface area contributed by atoms with E-state index in [4.69, 9.17) is 14.2 Å². The Morgan fingerprint density at radius 1 is 1.35 bits per heavy atom. The molecule has 0 saturated carbocycles. The largest absolute Gasteiger partial charge is 0.486 e. The summed E-state index contributed by atoms with van der Waals surface area (Å²) < 4.78 is 43.5. The number of hydrogen-bond donors (Lipinski definition) is 4. The number of sulfonamides is 1. The molecule has 34 heavy (non-hydrogen) atoms. The van der Waals surface area contributed by atoms with E-state index in [1.165, 1.54) is 13.3 Å². The fourth-order valence-electron chi connectivity index (χ4n) is 3.38. The number of aromatic nitrogens is 2. The molecule has 186 valence electrons. The number of nitrogens with zero attached hydrogens (tertiary/aromatic N) is 1. The number of anilines is 1. The zero-order valence-electron chi connectivity index (χ0n) is 18.8. The highest BCUT2D eigenvalue weighted by Crippen LogP contribution is 2.34. The van der Waals surface area contributed by atoms with Crippen molar-refractivity contribution in [1.29, 1.82) is 0 Å². The molecule has 1 aliphatic rings. The van der Waals surface area contributed by atoms with E-state index in [1.54, 1.807) is 24.4 Å². The number of aromatic amines is 1. The molecule has 3 rings (SSSR count). The van der Waals surface area contributed by atoms with Crippen LogP contribution in [-0.4, -0.2) is 73.1 Å². The van der Waals surface area contributed by atoms with Gasteiger partial charge in [0.25, 0.3) is 5.91 Å². The number of nitrogens with one attached hydrogen (secondary N) is 3. The van der Waals surface area contributed by atoms with Crippen LogP contribution in [0.1, 0.15) is 25.3 Å². The molecule has 12 nitrogen and oxygen atoms in total. The van der Waals surface area contributed by atoms with E-state index in [1.807, 2.05) is 6.92 Å². The van der Waals surface area contributed by atoms with Gasteiger partial charge in [-0.15, -0.1) is 0 Å². The number of aliphatic carboxylic acids is 1. The number of unbranched alkanes of at least 4 members (excludes halogenated alkanes) is 1. The van der Waals surface area contributed by atoms with Gasteiger partial charge >= 0.3 is 5.97 Å². The monoisotopic (exact) mass is 496 g/mol. The molecule has 0 saturated heterocycles. The van der Waals surface area contributed by atoms with Crippen molar-refractivity contribution in [3.8, 4) is 11.5 Å². The van der Waals surface area contributed by atoms with Crippen LogP contribution in [0.5, 0.6) is 11.5 Å². The summed E-state index contributed by atoms with van der Waals surface area (Å²) in [5, 5.41) is 12.1. The maximum atomic E-state index is 12.5. The van der Waals surface area contributed by atoms with Crippen molar-refractivity contribution in [2.45, 2.75) is 44.4 Å². The Labute approximate surface area is 197 Å². The number of hydrogen-bond acceptors (Lipinski definition) is 8. The number of carboxylic acids is 1. The molecule has 0 fully saturated rings. The van der Waals surface area contributed by atoms with E-state index in [0.29, 0.717) is 29.9 Å². The average molecular weight is 497 g/mol. The van der Waals surface area contributed by atoms with E-state index in [0.717, 1.165) is 0 Å². The van der Waals surface area contributed by atoms with Crippen molar-refractivity contribution in [2.24, 2.45) is 0 Å². The predicted octanol–water partition coefficient (Wildman–Crippen LogP) is 0.918. The highest BCUT2D eigenvalue weighted by molar-refractivity contribution is 7.89. The summed E-state index contributed by atoms with van der Waals surface area (Å²) in [4.78, 5) is 30.9. The van der Waals surface area contributed by atoms with E-state index in [9.17, 15) is 23.1 Å². The lowest BCUT2D eigenvalue weighted by Gasteiger charge is -2.31. The molecule has 1 aliphatic heterocycles. The molecule has 0 radical (unpaired) electrons. The van der Waals surface area contributed by atoms with E-state index < -0.39 is 40.1 Å². The van der Waals surface area contributed by atoms with Gasteiger partial charge in [-0.1, -0.05) is 19.4 Å². The van der Waals surface area contributed by atoms with Crippen molar-refractivity contribution in [3.05, 3.63) is 36.2 Å². The molecule has 1 aromatic heterocycles. The van der Waals surface area contributed by atoms with E-state index in [-0.39, 0.29) is 24.7 Å². The van der Waals surface area contributed by atoms with Gasteiger partial charge in [-0.2, -0.15) is 0 Å². The van der Waals surface area contributed by atoms with Crippen LogP contribution in [0.4, 0.5) is 5.95 Å². The maximum absolute atomic E-state index is 12.5. The molecule has 2 unspecified atom stereocenters. The fourth-order valence-corrected chi connectivity index (χ4v) is 4.79. The normalized spacial score (nSPS) is 17.1. The minimum atomic E-state index is -3.72. The fraction of sp³-hybridized carbons (Fsp3) is 0.476. The zero-order chi connectivity index (χ0) is 24.7. The van der Waals surface area contributed by atoms with E-state index in [2.05, 4.69) is 20.0 Å². The Balaban J connectivity index is 1.66. The second-order valence-corrected chi connectivity index (χ2v) is 9.59. The topological polar surface area (TPSA) is 169 Å². The zero-order valence-corrected chi connectivity index (χ0v) is 19.6. The van der Waals surface area contributed by atoms with Crippen LogP contribution in [-0.2, 0) is 30.8 Å². The Hall–Kier alpha value is -3.16. The Morgan fingerprint density at radius 3 is 2.79 bits per heavy atom. The standard InChI is InChI=1S/C21H28N4O8S/c1-3-4-9-34(29,30)25-14(20(27)28)10-13-5-6-15-16(11-13)32-12-17(33-15)18(31-2)19(26)24-21-22-7-8-23-21/h5-8,11,14,17-18,25H,3-4,9-10,12H2,1-2H3,(H,27,28)(H2,22,23,24,26)/t14-,17?,18?/m0/s1. The number of amides is 1. The van der Waals surface area contributed by atoms with Gasteiger partial charge in [-0.3, -0.25) is 14.9 Å². The molecule has 4 N–H and O–H groups in total. The number of H-pyrrole nitrogens is 1. The Bertz CT molecular complexity index is 1090. The number of rotatable bonds is 12. The van der Waals surface area contributed by atoms with Crippen molar-refractivity contribution in [2.75, 3.05) is 24.8 Å².